The molecule has 3 aromatic rings. The van der Waals surface area contributed by atoms with Gasteiger partial charge in [0.15, 0.2) is 15.0 Å². The maximum Gasteiger partial charge on any atom is 0.233 e. The van der Waals surface area contributed by atoms with Crippen molar-refractivity contribution in [3.63, 3.8) is 0 Å². The third kappa shape index (κ3) is 4.79. The van der Waals surface area contributed by atoms with Gasteiger partial charge in [0.05, 0.1) is 35.4 Å². The van der Waals surface area contributed by atoms with Crippen molar-refractivity contribution in [2.45, 2.75) is 24.2 Å². The van der Waals surface area contributed by atoms with E-state index in [1.54, 1.807) is 12.0 Å². The number of aromatic amines is 1. The fraction of sp³-hybridized carbons (Fsp3) is 0.333. The molecule has 7 nitrogen and oxygen atoms in total. The van der Waals surface area contributed by atoms with Crippen molar-refractivity contribution in [1.82, 2.24) is 14.9 Å². The first-order chi connectivity index (χ1) is 14.4. The SMILES string of the molecule is COc1ccc2nc(SCC(=O)N(Cc3ccccc3)[C@@H]3CCS(=O)(=O)C3)[nH]c2c1. The molecule has 1 aromatic heterocycles. The third-order valence-corrected chi connectivity index (χ3v) is 7.77. The molecule has 1 saturated heterocycles. The number of fused-ring (bicyclic) bond motifs is 1. The van der Waals surface area contributed by atoms with Gasteiger partial charge in [-0.05, 0) is 24.1 Å². The quantitative estimate of drug-likeness (QED) is 0.562. The maximum atomic E-state index is 13.1. The molecule has 1 amide bonds. The topological polar surface area (TPSA) is 92.4 Å². The summed E-state index contributed by atoms with van der Waals surface area (Å²) in [4.78, 5) is 22.5. The van der Waals surface area contributed by atoms with Crippen LogP contribution in [0, 0.1) is 0 Å². The van der Waals surface area contributed by atoms with E-state index >= 15 is 0 Å². The highest BCUT2D eigenvalue weighted by molar-refractivity contribution is 7.99. The Hall–Kier alpha value is -2.52. The lowest BCUT2D eigenvalue weighted by molar-refractivity contribution is -0.130. The number of amides is 1. The molecule has 1 fully saturated rings. The van der Waals surface area contributed by atoms with Crippen LogP contribution in [0.25, 0.3) is 11.0 Å². The maximum absolute atomic E-state index is 13.1. The summed E-state index contributed by atoms with van der Waals surface area (Å²) in [6.07, 6.45) is 0.482. The van der Waals surface area contributed by atoms with Crippen molar-refractivity contribution >= 4 is 38.5 Å². The van der Waals surface area contributed by atoms with E-state index in [-0.39, 0.29) is 29.2 Å². The fourth-order valence-electron chi connectivity index (χ4n) is 3.60. The Kier molecular flexibility index (Phi) is 6.01. The third-order valence-electron chi connectivity index (χ3n) is 5.16. The van der Waals surface area contributed by atoms with E-state index in [2.05, 4.69) is 9.97 Å². The molecule has 1 atom stereocenters. The largest absolute Gasteiger partial charge is 0.497 e. The van der Waals surface area contributed by atoms with Crippen LogP contribution in [0.3, 0.4) is 0 Å². The van der Waals surface area contributed by atoms with Crippen LogP contribution >= 0.6 is 11.8 Å². The number of rotatable bonds is 7. The highest BCUT2D eigenvalue weighted by Crippen LogP contribution is 2.25. The predicted octanol–water partition coefficient (Wildman–Crippen LogP) is 2.88. The summed E-state index contributed by atoms with van der Waals surface area (Å²) in [6.45, 7) is 0.401. The van der Waals surface area contributed by atoms with Crippen molar-refractivity contribution in [2.24, 2.45) is 0 Å². The summed E-state index contributed by atoms with van der Waals surface area (Å²) in [7, 11) is -1.48. The first-order valence-corrected chi connectivity index (χ1v) is 12.4. The minimum atomic E-state index is -3.09. The lowest BCUT2D eigenvalue weighted by Gasteiger charge is -2.28. The zero-order chi connectivity index (χ0) is 21.1. The average Bonchev–Trinajstić information content (AvgIpc) is 3.32. The minimum absolute atomic E-state index is 0.0284. The zero-order valence-electron chi connectivity index (χ0n) is 16.6. The first-order valence-electron chi connectivity index (χ1n) is 9.64. The predicted molar refractivity (Wildman–Crippen MR) is 117 cm³/mol. The number of thioether (sulfide) groups is 1. The molecule has 0 spiro atoms. The molecule has 30 heavy (non-hydrogen) atoms. The second-order valence-electron chi connectivity index (χ2n) is 7.28. The molecule has 9 heteroatoms. The highest BCUT2D eigenvalue weighted by atomic mass is 32.2. The number of nitrogens with zero attached hydrogens (tertiary/aromatic N) is 2. The molecular weight excluding hydrogens is 422 g/mol. The van der Waals surface area contributed by atoms with Crippen LogP contribution in [0.4, 0.5) is 0 Å². The van der Waals surface area contributed by atoms with Gasteiger partial charge in [0, 0.05) is 18.7 Å². The summed E-state index contributed by atoms with van der Waals surface area (Å²) in [5.74, 6) is 0.981. The van der Waals surface area contributed by atoms with Gasteiger partial charge in [-0.2, -0.15) is 0 Å². The number of sulfone groups is 1. The van der Waals surface area contributed by atoms with Crippen LogP contribution in [0.2, 0.25) is 0 Å². The molecule has 0 bridgehead atoms. The van der Waals surface area contributed by atoms with Gasteiger partial charge in [-0.15, -0.1) is 0 Å². The number of hydrogen-bond donors (Lipinski definition) is 1. The van der Waals surface area contributed by atoms with Gasteiger partial charge < -0.3 is 14.6 Å². The van der Waals surface area contributed by atoms with E-state index in [1.807, 2.05) is 48.5 Å². The van der Waals surface area contributed by atoms with Gasteiger partial charge in [0.25, 0.3) is 0 Å². The second kappa shape index (κ2) is 8.69. The van der Waals surface area contributed by atoms with Crippen molar-refractivity contribution in [3.05, 3.63) is 54.1 Å². The summed E-state index contributed by atoms with van der Waals surface area (Å²) < 4.78 is 29.2. The smallest absolute Gasteiger partial charge is 0.233 e. The monoisotopic (exact) mass is 445 g/mol. The van der Waals surface area contributed by atoms with E-state index < -0.39 is 9.84 Å². The summed E-state index contributed by atoms with van der Waals surface area (Å²) in [5, 5.41) is 0.644. The Morgan fingerprint density at radius 2 is 2.07 bits per heavy atom. The Morgan fingerprint density at radius 3 is 2.77 bits per heavy atom. The minimum Gasteiger partial charge on any atom is -0.497 e. The fourth-order valence-corrected chi connectivity index (χ4v) is 6.10. The van der Waals surface area contributed by atoms with Crippen LogP contribution < -0.4 is 4.74 Å². The standard InChI is InChI=1S/C21H23N3O4S2/c1-28-17-7-8-18-19(11-17)23-21(22-18)29-13-20(25)24(12-15-5-3-2-4-6-15)16-9-10-30(26,27)14-16/h2-8,11,16H,9-10,12-14H2,1H3,(H,22,23)/t16-/m1/s1. The number of hydrogen-bond acceptors (Lipinski definition) is 6. The molecule has 4 rings (SSSR count). The van der Waals surface area contributed by atoms with E-state index in [1.165, 1.54) is 11.8 Å². The molecule has 158 valence electrons. The normalized spacial score (nSPS) is 17.8. The van der Waals surface area contributed by atoms with E-state index in [9.17, 15) is 13.2 Å². The molecular formula is C21H23N3O4S2. The van der Waals surface area contributed by atoms with E-state index in [0.29, 0.717) is 18.1 Å². The molecule has 1 aliphatic heterocycles. The van der Waals surface area contributed by atoms with Gasteiger partial charge in [0.1, 0.15) is 5.75 Å². The summed E-state index contributed by atoms with van der Waals surface area (Å²) in [5.41, 5.74) is 2.62. The average molecular weight is 446 g/mol. The summed E-state index contributed by atoms with van der Waals surface area (Å²) in [6, 6.07) is 14.9. The number of ether oxygens (including phenoxy) is 1. The molecule has 0 aliphatic carbocycles. The molecule has 0 unspecified atom stereocenters. The lowest BCUT2D eigenvalue weighted by Crippen LogP contribution is -2.41. The Bertz CT molecular complexity index is 1150. The van der Waals surface area contributed by atoms with Gasteiger partial charge in [-0.3, -0.25) is 4.79 Å². The highest BCUT2D eigenvalue weighted by Gasteiger charge is 2.34. The first kappa shape index (κ1) is 20.7. The molecule has 1 aliphatic rings. The van der Waals surface area contributed by atoms with Gasteiger partial charge >= 0.3 is 0 Å². The molecule has 0 radical (unpaired) electrons. The van der Waals surface area contributed by atoms with Crippen LogP contribution in [-0.4, -0.2) is 59.6 Å². The van der Waals surface area contributed by atoms with Crippen LogP contribution in [-0.2, 0) is 21.2 Å². The van der Waals surface area contributed by atoms with Crippen molar-refractivity contribution in [1.29, 1.82) is 0 Å². The molecule has 2 aromatic carbocycles. The van der Waals surface area contributed by atoms with E-state index in [4.69, 9.17) is 4.74 Å². The number of methoxy groups -OCH3 is 1. The van der Waals surface area contributed by atoms with Gasteiger partial charge in [-0.1, -0.05) is 42.1 Å². The molecule has 0 saturated carbocycles. The number of carbonyl (C=O) groups is 1. The second-order valence-corrected chi connectivity index (χ2v) is 10.5. The number of benzene rings is 2. The Balaban J connectivity index is 1.48. The summed E-state index contributed by atoms with van der Waals surface area (Å²) >= 11 is 1.32. The number of nitrogens with one attached hydrogen (secondary N) is 1. The van der Waals surface area contributed by atoms with E-state index in [0.717, 1.165) is 22.3 Å². The number of aromatic nitrogens is 2. The zero-order valence-corrected chi connectivity index (χ0v) is 18.2. The number of imidazole rings is 1. The van der Waals surface area contributed by atoms with Crippen LogP contribution in [0.1, 0.15) is 12.0 Å². The Labute approximate surface area is 179 Å². The van der Waals surface area contributed by atoms with Gasteiger partial charge in [0.2, 0.25) is 5.91 Å². The van der Waals surface area contributed by atoms with Crippen molar-refractivity contribution < 1.29 is 17.9 Å². The van der Waals surface area contributed by atoms with Crippen LogP contribution in [0.5, 0.6) is 5.75 Å². The lowest BCUT2D eigenvalue weighted by atomic mass is 10.1. The Morgan fingerprint density at radius 1 is 1.27 bits per heavy atom. The van der Waals surface area contributed by atoms with Gasteiger partial charge in [-0.25, -0.2) is 13.4 Å². The number of H-pyrrole nitrogens is 1. The number of carbonyl (C=O) groups excluding carboxylic acids is 1. The molecule has 2 heterocycles. The molecule has 1 N–H and O–H groups in total. The van der Waals surface area contributed by atoms with Crippen molar-refractivity contribution in [3.8, 4) is 5.75 Å². The van der Waals surface area contributed by atoms with Crippen molar-refractivity contribution in [2.75, 3.05) is 24.4 Å². The van der Waals surface area contributed by atoms with Crippen LogP contribution in [0.15, 0.2) is 53.7 Å².